The number of aliphatic carboxylic acids is 1. The minimum absolute atomic E-state index is 0.108. The van der Waals surface area contributed by atoms with Gasteiger partial charge in [0.25, 0.3) is 0 Å². The monoisotopic (exact) mass is 253 g/mol. The summed E-state index contributed by atoms with van der Waals surface area (Å²) in [5.74, 6) is 0.150. The van der Waals surface area contributed by atoms with Crippen molar-refractivity contribution in [1.82, 2.24) is 9.97 Å². The first-order chi connectivity index (χ1) is 8.52. The summed E-state index contributed by atoms with van der Waals surface area (Å²) in [4.78, 5) is 18.7. The largest absolute Gasteiger partial charge is 0.480 e. The summed E-state index contributed by atoms with van der Waals surface area (Å²) in [6.07, 6.45) is 2.10. The van der Waals surface area contributed by atoms with Crippen LogP contribution in [0.3, 0.4) is 0 Å². The normalized spacial score (nSPS) is 11.9. The number of rotatable bonds is 7. The summed E-state index contributed by atoms with van der Waals surface area (Å²) in [5, 5.41) is 14.7. The van der Waals surface area contributed by atoms with E-state index < -0.39 is 12.0 Å². The van der Waals surface area contributed by atoms with Crippen molar-refractivity contribution in [2.24, 2.45) is 0 Å². The van der Waals surface area contributed by atoms with Crippen molar-refractivity contribution < 1.29 is 9.90 Å². The van der Waals surface area contributed by atoms with Gasteiger partial charge in [0.05, 0.1) is 0 Å². The fraction of sp³-hybridized carbons (Fsp3) is 0.545. The van der Waals surface area contributed by atoms with Crippen LogP contribution in [0.5, 0.6) is 0 Å². The van der Waals surface area contributed by atoms with Gasteiger partial charge in [-0.1, -0.05) is 13.3 Å². The first kappa shape index (κ1) is 14.0. The van der Waals surface area contributed by atoms with E-state index in [-0.39, 0.29) is 5.95 Å². The van der Waals surface area contributed by atoms with Crippen molar-refractivity contribution in [2.45, 2.75) is 32.7 Å². The van der Waals surface area contributed by atoms with Crippen LogP contribution in [0.4, 0.5) is 17.6 Å². The van der Waals surface area contributed by atoms with E-state index in [0.29, 0.717) is 11.6 Å². The third kappa shape index (κ3) is 4.44. The first-order valence-corrected chi connectivity index (χ1v) is 5.90. The molecular weight excluding hydrogens is 234 g/mol. The second-order valence-corrected chi connectivity index (χ2v) is 3.98. The molecule has 0 amide bonds. The molecule has 7 nitrogen and oxygen atoms in total. The molecule has 0 fully saturated rings. The van der Waals surface area contributed by atoms with Gasteiger partial charge in [-0.15, -0.1) is 0 Å². The Bertz CT molecular complexity index is 410. The quantitative estimate of drug-likeness (QED) is 0.539. The Kier molecular flexibility index (Phi) is 5.16. The average Bonchev–Trinajstić information content (AvgIpc) is 2.28. The Morgan fingerprint density at radius 1 is 1.50 bits per heavy atom. The second-order valence-electron chi connectivity index (χ2n) is 3.98. The number of carboxylic acids is 1. The minimum atomic E-state index is -0.951. The van der Waals surface area contributed by atoms with E-state index in [1.807, 2.05) is 0 Å². The highest BCUT2D eigenvalue weighted by Gasteiger charge is 2.12. The second kappa shape index (κ2) is 6.63. The van der Waals surface area contributed by atoms with Gasteiger partial charge in [0.2, 0.25) is 5.95 Å². The standard InChI is InChI=1S/C11H19N5O2/c1-3-4-5-13-8-6-9(16-11(12)15-8)14-7(2)10(17)18/h6-7H,3-5H2,1-2H3,(H,17,18)(H4,12,13,14,15,16)/t7-/m0/s1. The molecule has 0 aliphatic heterocycles. The number of nitrogens with zero attached hydrogens (tertiary/aromatic N) is 2. The van der Waals surface area contributed by atoms with Gasteiger partial charge in [-0.25, -0.2) is 0 Å². The fourth-order valence-corrected chi connectivity index (χ4v) is 1.31. The molecule has 7 heteroatoms. The van der Waals surface area contributed by atoms with Gasteiger partial charge in [-0.05, 0) is 13.3 Å². The molecule has 1 aromatic rings. The Labute approximate surface area is 106 Å². The van der Waals surface area contributed by atoms with E-state index in [4.69, 9.17) is 10.8 Å². The Hall–Kier alpha value is -2.05. The summed E-state index contributed by atoms with van der Waals surface area (Å²) in [6.45, 7) is 4.42. The van der Waals surface area contributed by atoms with Gasteiger partial charge >= 0.3 is 5.97 Å². The number of nitrogens with one attached hydrogen (secondary N) is 2. The fourth-order valence-electron chi connectivity index (χ4n) is 1.31. The molecule has 5 N–H and O–H groups in total. The summed E-state index contributed by atoms with van der Waals surface area (Å²) in [5.41, 5.74) is 5.57. The van der Waals surface area contributed by atoms with Crippen molar-refractivity contribution in [3.63, 3.8) is 0 Å². The predicted octanol–water partition coefficient (Wildman–Crippen LogP) is 1.16. The molecule has 100 valence electrons. The van der Waals surface area contributed by atoms with Crippen LogP contribution in [0.15, 0.2) is 6.07 Å². The van der Waals surface area contributed by atoms with Crippen molar-refractivity contribution in [3.05, 3.63) is 6.07 Å². The SMILES string of the molecule is CCCCNc1cc(N[C@@H](C)C(=O)O)nc(N)n1. The predicted molar refractivity (Wildman–Crippen MR) is 70.6 cm³/mol. The van der Waals surface area contributed by atoms with Gasteiger partial charge in [0.15, 0.2) is 0 Å². The molecule has 0 radical (unpaired) electrons. The molecular formula is C11H19N5O2. The highest BCUT2D eigenvalue weighted by molar-refractivity contribution is 5.76. The molecule has 1 heterocycles. The lowest BCUT2D eigenvalue weighted by Crippen LogP contribution is -2.26. The van der Waals surface area contributed by atoms with Crippen LogP contribution in [0.1, 0.15) is 26.7 Å². The van der Waals surface area contributed by atoms with E-state index in [1.54, 1.807) is 6.07 Å². The van der Waals surface area contributed by atoms with Gasteiger partial charge in [0.1, 0.15) is 17.7 Å². The molecule has 0 unspecified atom stereocenters. The van der Waals surface area contributed by atoms with Crippen LogP contribution in [0.25, 0.3) is 0 Å². The van der Waals surface area contributed by atoms with Crippen molar-refractivity contribution >= 4 is 23.6 Å². The maximum Gasteiger partial charge on any atom is 0.325 e. The van der Waals surface area contributed by atoms with Crippen LogP contribution in [-0.2, 0) is 4.79 Å². The number of nitrogens with two attached hydrogens (primary N) is 1. The smallest absolute Gasteiger partial charge is 0.325 e. The summed E-state index contributed by atoms with van der Waals surface area (Å²) >= 11 is 0. The lowest BCUT2D eigenvalue weighted by atomic mass is 10.3. The molecule has 0 spiro atoms. The molecule has 0 bridgehead atoms. The van der Waals surface area contributed by atoms with E-state index in [2.05, 4.69) is 27.5 Å². The van der Waals surface area contributed by atoms with Gasteiger partial charge in [0, 0.05) is 12.6 Å². The highest BCUT2D eigenvalue weighted by Crippen LogP contribution is 2.13. The van der Waals surface area contributed by atoms with E-state index in [1.165, 1.54) is 6.92 Å². The number of nitrogen functional groups attached to an aromatic ring is 1. The number of unbranched alkanes of at least 4 members (excludes halogenated alkanes) is 1. The van der Waals surface area contributed by atoms with Crippen LogP contribution < -0.4 is 16.4 Å². The van der Waals surface area contributed by atoms with E-state index in [0.717, 1.165) is 19.4 Å². The van der Waals surface area contributed by atoms with E-state index >= 15 is 0 Å². The van der Waals surface area contributed by atoms with Crippen molar-refractivity contribution in [1.29, 1.82) is 0 Å². The van der Waals surface area contributed by atoms with Gasteiger partial charge in [-0.2, -0.15) is 9.97 Å². The molecule has 18 heavy (non-hydrogen) atoms. The first-order valence-electron chi connectivity index (χ1n) is 5.90. The molecule has 0 aliphatic carbocycles. The zero-order chi connectivity index (χ0) is 13.5. The Morgan fingerprint density at radius 2 is 2.17 bits per heavy atom. The molecule has 0 aromatic carbocycles. The topological polar surface area (TPSA) is 113 Å². The van der Waals surface area contributed by atoms with Crippen LogP contribution in [0, 0.1) is 0 Å². The van der Waals surface area contributed by atoms with Crippen LogP contribution >= 0.6 is 0 Å². The summed E-state index contributed by atoms with van der Waals surface area (Å²) < 4.78 is 0. The average molecular weight is 253 g/mol. The number of carboxylic acid groups (broad SMARTS) is 1. The summed E-state index contributed by atoms with van der Waals surface area (Å²) in [6, 6.07) is 0.911. The number of carbonyl (C=O) groups is 1. The molecule has 0 aliphatic rings. The maximum absolute atomic E-state index is 10.7. The molecule has 1 aromatic heterocycles. The van der Waals surface area contributed by atoms with Crippen molar-refractivity contribution in [3.8, 4) is 0 Å². The minimum Gasteiger partial charge on any atom is -0.480 e. The molecule has 0 saturated carbocycles. The molecule has 0 saturated heterocycles. The molecule has 1 rings (SSSR count). The lowest BCUT2D eigenvalue weighted by molar-refractivity contribution is -0.137. The summed E-state index contributed by atoms with van der Waals surface area (Å²) in [7, 11) is 0. The zero-order valence-electron chi connectivity index (χ0n) is 10.6. The third-order valence-corrected chi connectivity index (χ3v) is 2.31. The van der Waals surface area contributed by atoms with E-state index in [9.17, 15) is 4.79 Å². The van der Waals surface area contributed by atoms with Crippen LogP contribution in [0.2, 0.25) is 0 Å². The van der Waals surface area contributed by atoms with Crippen LogP contribution in [-0.4, -0.2) is 33.6 Å². The number of hydrogen-bond acceptors (Lipinski definition) is 6. The number of hydrogen-bond donors (Lipinski definition) is 4. The Morgan fingerprint density at radius 3 is 2.78 bits per heavy atom. The van der Waals surface area contributed by atoms with Gasteiger partial charge in [-0.3, -0.25) is 4.79 Å². The molecule has 1 atom stereocenters. The number of aromatic nitrogens is 2. The third-order valence-electron chi connectivity index (χ3n) is 2.31. The maximum atomic E-state index is 10.7. The van der Waals surface area contributed by atoms with Gasteiger partial charge < -0.3 is 21.5 Å². The highest BCUT2D eigenvalue weighted by atomic mass is 16.4. The zero-order valence-corrected chi connectivity index (χ0v) is 10.6. The van der Waals surface area contributed by atoms with Crippen molar-refractivity contribution in [2.75, 3.05) is 22.9 Å². The lowest BCUT2D eigenvalue weighted by Gasteiger charge is -2.12. The number of anilines is 3. The Balaban J connectivity index is 2.71.